The summed E-state index contributed by atoms with van der Waals surface area (Å²) in [6.45, 7) is 3.85. The fraction of sp³-hybridized carbons (Fsp3) is 0.423. The largest absolute Gasteiger partial charge is 0.479 e. The van der Waals surface area contributed by atoms with Crippen molar-refractivity contribution in [2.75, 3.05) is 6.61 Å². The van der Waals surface area contributed by atoms with E-state index in [0.29, 0.717) is 6.42 Å². The number of amides is 2. The molecule has 2 amide bonds. The van der Waals surface area contributed by atoms with Crippen molar-refractivity contribution in [3.63, 3.8) is 0 Å². The molecule has 0 spiro atoms. The van der Waals surface area contributed by atoms with Gasteiger partial charge in [0.25, 0.3) is 5.91 Å². The Morgan fingerprint density at radius 3 is 2.15 bits per heavy atom. The first-order valence-electron chi connectivity index (χ1n) is 11.7. The van der Waals surface area contributed by atoms with Crippen LogP contribution in [0.15, 0.2) is 48.5 Å². The lowest BCUT2D eigenvalue weighted by molar-refractivity contribution is -0.163. The second kappa shape index (κ2) is 10.3. The number of nitrogens with one attached hydrogen (secondary N) is 2. The van der Waals surface area contributed by atoms with Gasteiger partial charge in [-0.05, 0) is 46.9 Å². The standard InChI is InChI=1S/C26H30N2O6/c1-3-15(2)22(24(29)28-34-23(25(30)31)16-12-13-16)27-26(32)33-14-21-19-10-6-4-8-17(19)18-9-5-7-11-20(18)21/h4-11,15-16,21-23H,3,12-14H2,1-2H3,(H,27,32)(H,28,29)(H,30,31)/t15?,22-,23?/m0/s1. The first-order valence-corrected chi connectivity index (χ1v) is 11.7. The van der Waals surface area contributed by atoms with Crippen LogP contribution in [0.2, 0.25) is 0 Å². The van der Waals surface area contributed by atoms with Crippen molar-refractivity contribution in [1.82, 2.24) is 10.8 Å². The van der Waals surface area contributed by atoms with Crippen LogP contribution < -0.4 is 10.8 Å². The van der Waals surface area contributed by atoms with Crippen molar-refractivity contribution >= 4 is 18.0 Å². The molecular weight excluding hydrogens is 436 g/mol. The lowest BCUT2D eigenvalue weighted by Crippen LogP contribution is -2.51. The van der Waals surface area contributed by atoms with Crippen LogP contribution in [0.5, 0.6) is 0 Å². The van der Waals surface area contributed by atoms with Gasteiger partial charge in [0.2, 0.25) is 0 Å². The SMILES string of the molecule is CCC(C)[C@H](NC(=O)OCC1c2ccccc2-c2ccccc21)C(=O)NOC(C(=O)O)C1CC1. The second-order valence-corrected chi connectivity index (χ2v) is 9.01. The van der Waals surface area contributed by atoms with E-state index < -0.39 is 30.1 Å². The molecule has 1 fully saturated rings. The molecule has 34 heavy (non-hydrogen) atoms. The van der Waals surface area contributed by atoms with Crippen LogP contribution in [0.25, 0.3) is 11.1 Å². The minimum atomic E-state index is -1.12. The monoisotopic (exact) mass is 466 g/mol. The first kappa shape index (κ1) is 23.8. The van der Waals surface area contributed by atoms with Crippen molar-refractivity contribution in [2.45, 2.75) is 51.2 Å². The third-order valence-corrected chi connectivity index (χ3v) is 6.69. The third-order valence-electron chi connectivity index (χ3n) is 6.69. The topological polar surface area (TPSA) is 114 Å². The summed E-state index contributed by atoms with van der Waals surface area (Å²) in [6, 6.07) is 15.2. The van der Waals surface area contributed by atoms with Gasteiger partial charge in [0, 0.05) is 5.92 Å². The van der Waals surface area contributed by atoms with Crippen molar-refractivity contribution in [2.24, 2.45) is 11.8 Å². The quantitative estimate of drug-likeness (QED) is 0.458. The van der Waals surface area contributed by atoms with Crippen molar-refractivity contribution in [1.29, 1.82) is 0 Å². The van der Waals surface area contributed by atoms with Crippen LogP contribution in [0, 0.1) is 11.8 Å². The predicted octanol–water partition coefficient (Wildman–Crippen LogP) is 3.85. The van der Waals surface area contributed by atoms with Gasteiger partial charge in [-0.3, -0.25) is 9.63 Å². The van der Waals surface area contributed by atoms with Crippen molar-refractivity contribution in [3.05, 3.63) is 59.7 Å². The highest BCUT2D eigenvalue weighted by Crippen LogP contribution is 2.44. The van der Waals surface area contributed by atoms with Gasteiger partial charge >= 0.3 is 12.1 Å². The summed E-state index contributed by atoms with van der Waals surface area (Å²) in [5, 5.41) is 11.9. The highest BCUT2D eigenvalue weighted by molar-refractivity contribution is 5.85. The number of carbonyl (C=O) groups excluding carboxylic acids is 2. The van der Waals surface area contributed by atoms with E-state index in [1.165, 1.54) is 0 Å². The predicted molar refractivity (Wildman–Crippen MR) is 125 cm³/mol. The number of hydrogen-bond donors (Lipinski definition) is 3. The maximum atomic E-state index is 12.7. The summed E-state index contributed by atoms with van der Waals surface area (Å²) in [4.78, 5) is 41.9. The number of aliphatic carboxylic acids is 1. The van der Waals surface area contributed by atoms with E-state index in [4.69, 9.17) is 9.57 Å². The van der Waals surface area contributed by atoms with Crippen LogP contribution >= 0.6 is 0 Å². The Hall–Kier alpha value is -3.39. The summed E-state index contributed by atoms with van der Waals surface area (Å²) >= 11 is 0. The molecule has 0 radical (unpaired) electrons. The molecule has 180 valence electrons. The molecule has 1 saturated carbocycles. The van der Waals surface area contributed by atoms with E-state index >= 15 is 0 Å². The van der Waals surface area contributed by atoms with Gasteiger partial charge in [0.15, 0.2) is 6.10 Å². The van der Waals surface area contributed by atoms with E-state index in [0.717, 1.165) is 35.1 Å². The Morgan fingerprint density at radius 1 is 1.03 bits per heavy atom. The smallest absolute Gasteiger partial charge is 0.407 e. The summed E-state index contributed by atoms with van der Waals surface area (Å²) < 4.78 is 5.56. The minimum absolute atomic E-state index is 0.0905. The first-order chi connectivity index (χ1) is 16.4. The zero-order chi connectivity index (χ0) is 24.2. The number of benzene rings is 2. The van der Waals surface area contributed by atoms with E-state index in [-0.39, 0.29) is 24.4 Å². The number of ether oxygens (including phenoxy) is 1. The van der Waals surface area contributed by atoms with Gasteiger partial charge in [-0.25, -0.2) is 15.1 Å². The van der Waals surface area contributed by atoms with Gasteiger partial charge in [-0.1, -0.05) is 68.8 Å². The van der Waals surface area contributed by atoms with Gasteiger partial charge in [0.1, 0.15) is 12.6 Å². The normalized spacial score (nSPS) is 17.1. The Morgan fingerprint density at radius 2 is 1.62 bits per heavy atom. The van der Waals surface area contributed by atoms with Crippen molar-refractivity contribution < 1.29 is 29.1 Å². The fourth-order valence-corrected chi connectivity index (χ4v) is 4.40. The zero-order valence-corrected chi connectivity index (χ0v) is 19.3. The number of carboxylic acids is 1. The van der Waals surface area contributed by atoms with Crippen molar-refractivity contribution in [3.8, 4) is 11.1 Å². The van der Waals surface area contributed by atoms with E-state index in [1.807, 2.05) is 50.2 Å². The van der Waals surface area contributed by atoms with Crippen LogP contribution in [0.4, 0.5) is 4.79 Å². The molecule has 4 rings (SSSR count). The number of hydroxylamine groups is 1. The van der Waals surface area contributed by atoms with Gasteiger partial charge < -0.3 is 15.2 Å². The Kier molecular flexibility index (Phi) is 7.17. The average molecular weight is 467 g/mol. The number of carbonyl (C=O) groups is 3. The summed E-state index contributed by atoms with van der Waals surface area (Å²) in [5.74, 6) is -2.13. The summed E-state index contributed by atoms with van der Waals surface area (Å²) in [7, 11) is 0. The summed E-state index contributed by atoms with van der Waals surface area (Å²) in [6.07, 6.45) is 0.321. The maximum absolute atomic E-state index is 12.7. The van der Waals surface area contributed by atoms with Crippen LogP contribution in [0.3, 0.4) is 0 Å². The molecule has 8 heteroatoms. The molecular formula is C26H30N2O6. The number of carboxylic acid groups (broad SMARTS) is 1. The highest BCUT2D eigenvalue weighted by atomic mass is 16.7. The minimum Gasteiger partial charge on any atom is -0.479 e. The molecule has 0 aromatic heterocycles. The number of rotatable bonds is 10. The van der Waals surface area contributed by atoms with Gasteiger partial charge in [0.05, 0.1) is 0 Å². The molecule has 2 aromatic rings. The highest BCUT2D eigenvalue weighted by Gasteiger charge is 2.39. The number of hydrogen-bond acceptors (Lipinski definition) is 5. The van der Waals surface area contributed by atoms with Gasteiger partial charge in [-0.15, -0.1) is 0 Å². The van der Waals surface area contributed by atoms with Gasteiger partial charge in [-0.2, -0.15) is 0 Å². The van der Waals surface area contributed by atoms with E-state index in [2.05, 4.69) is 22.9 Å². The molecule has 0 saturated heterocycles. The zero-order valence-electron chi connectivity index (χ0n) is 19.3. The van der Waals surface area contributed by atoms with E-state index in [1.54, 1.807) is 0 Å². The molecule has 2 aromatic carbocycles. The lowest BCUT2D eigenvalue weighted by Gasteiger charge is -2.24. The Labute approximate surface area is 198 Å². The van der Waals surface area contributed by atoms with E-state index in [9.17, 15) is 19.5 Å². The van der Waals surface area contributed by atoms with Crippen LogP contribution in [-0.2, 0) is 19.2 Å². The second-order valence-electron chi connectivity index (χ2n) is 9.01. The Balaban J connectivity index is 1.38. The maximum Gasteiger partial charge on any atom is 0.407 e. The number of fused-ring (bicyclic) bond motifs is 3. The third kappa shape index (κ3) is 5.07. The molecule has 2 unspecified atom stereocenters. The molecule has 0 bridgehead atoms. The van der Waals surface area contributed by atoms with Crippen LogP contribution in [-0.4, -0.2) is 41.8 Å². The molecule has 2 aliphatic carbocycles. The molecule has 3 N–H and O–H groups in total. The lowest BCUT2D eigenvalue weighted by atomic mass is 9.98. The summed E-state index contributed by atoms with van der Waals surface area (Å²) in [5.41, 5.74) is 6.69. The molecule has 3 atom stereocenters. The fourth-order valence-electron chi connectivity index (χ4n) is 4.40. The Bertz CT molecular complexity index is 1020. The molecule has 8 nitrogen and oxygen atoms in total. The van der Waals surface area contributed by atoms with Crippen LogP contribution in [0.1, 0.15) is 50.2 Å². The number of alkyl carbamates (subject to hydrolysis) is 1. The molecule has 2 aliphatic rings. The molecule has 0 heterocycles. The average Bonchev–Trinajstić information content (AvgIpc) is 3.62. The molecule has 0 aliphatic heterocycles.